The van der Waals surface area contributed by atoms with Gasteiger partial charge in [-0.25, -0.2) is 0 Å². The second-order valence-corrected chi connectivity index (χ2v) is 6.03. The van der Waals surface area contributed by atoms with E-state index in [1.807, 2.05) is 23.1 Å². The summed E-state index contributed by atoms with van der Waals surface area (Å²) < 4.78 is 0. The number of carbonyl (C=O) groups is 1. The lowest BCUT2D eigenvalue weighted by Gasteiger charge is -2.23. The van der Waals surface area contributed by atoms with E-state index in [4.69, 9.17) is 0 Å². The van der Waals surface area contributed by atoms with Gasteiger partial charge in [0.15, 0.2) is 0 Å². The summed E-state index contributed by atoms with van der Waals surface area (Å²) in [4.78, 5) is 16.9. The molecule has 1 amide bonds. The number of amides is 1. The standard InChI is InChI=1S/C20H24N2O/c1-2-21(16-17-8-4-3-5-9-17)14-13-20(23)22-15-12-18-10-6-7-11-19(18)22/h3-11H,2,12-16H2,1H3. The summed E-state index contributed by atoms with van der Waals surface area (Å²) in [6.07, 6.45) is 1.55. The lowest BCUT2D eigenvalue weighted by molar-refractivity contribution is -0.118. The molecule has 0 aromatic heterocycles. The molecule has 1 aliphatic rings. The molecule has 0 fully saturated rings. The van der Waals surface area contributed by atoms with E-state index in [2.05, 4.69) is 48.2 Å². The molecule has 1 aliphatic heterocycles. The fraction of sp³-hybridized carbons (Fsp3) is 0.350. The Kier molecular flexibility index (Phi) is 5.09. The van der Waals surface area contributed by atoms with Gasteiger partial charge in [0.05, 0.1) is 0 Å². The zero-order valence-corrected chi connectivity index (χ0v) is 13.7. The molecule has 3 rings (SSSR count). The SMILES string of the molecule is CCN(CCC(=O)N1CCc2ccccc21)Cc1ccccc1. The third kappa shape index (κ3) is 3.80. The summed E-state index contributed by atoms with van der Waals surface area (Å²) in [5.74, 6) is 0.237. The minimum Gasteiger partial charge on any atom is -0.312 e. The van der Waals surface area contributed by atoms with Gasteiger partial charge in [0.25, 0.3) is 0 Å². The first-order chi connectivity index (χ1) is 11.3. The summed E-state index contributed by atoms with van der Waals surface area (Å²) >= 11 is 0. The summed E-state index contributed by atoms with van der Waals surface area (Å²) in [6, 6.07) is 18.7. The van der Waals surface area contributed by atoms with Crippen LogP contribution in [0.1, 0.15) is 24.5 Å². The molecule has 120 valence electrons. The lowest BCUT2D eigenvalue weighted by Crippen LogP contribution is -2.33. The molecule has 0 aliphatic carbocycles. The molecular weight excluding hydrogens is 284 g/mol. The van der Waals surface area contributed by atoms with Gasteiger partial charge >= 0.3 is 0 Å². The van der Waals surface area contributed by atoms with Crippen LogP contribution in [0, 0.1) is 0 Å². The van der Waals surface area contributed by atoms with Crippen molar-refractivity contribution in [1.82, 2.24) is 4.90 Å². The summed E-state index contributed by atoms with van der Waals surface area (Å²) in [5, 5.41) is 0. The van der Waals surface area contributed by atoms with Crippen molar-refractivity contribution in [2.75, 3.05) is 24.5 Å². The molecular formula is C20H24N2O. The molecule has 0 N–H and O–H groups in total. The van der Waals surface area contributed by atoms with E-state index in [1.165, 1.54) is 11.1 Å². The van der Waals surface area contributed by atoms with Gasteiger partial charge in [0.2, 0.25) is 5.91 Å². The number of rotatable bonds is 6. The second kappa shape index (κ2) is 7.42. The van der Waals surface area contributed by atoms with E-state index in [-0.39, 0.29) is 5.91 Å². The van der Waals surface area contributed by atoms with Crippen LogP contribution in [-0.2, 0) is 17.8 Å². The van der Waals surface area contributed by atoms with Crippen LogP contribution in [0.25, 0.3) is 0 Å². The topological polar surface area (TPSA) is 23.6 Å². The smallest absolute Gasteiger partial charge is 0.228 e. The molecule has 23 heavy (non-hydrogen) atoms. The third-order valence-corrected chi connectivity index (χ3v) is 4.53. The zero-order valence-electron chi connectivity index (χ0n) is 13.7. The molecule has 3 nitrogen and oxygen atoms in total. The van der Waals surface area contributed by atoms with Crippen molar-refractivity contribution in [2.45, 2.75) is 26.3 Å². The van der Waals surface area contributed by atoms with Crippen LogP contribution in [0.15, 0.2) is 54.6 Å². The molecule has 3 heteroatoms. The predicted octanol–water partition coefficient (Wildman–Crippen LogP) is 3.49. The van der Waals surface area contributed by atoms with Crippen LogP contribution < -0.4 is 4.90 Å². The Morgan fingerprint density at radius 1 is 1.09 bits per heavy atom. The number of benzene rings is 2. The first-order valence-corrected chi connectivity index (χ1v) is 8.42. The minimum absolute atomic E-state index is 0.237. The normalized spacial score (nSPS) is 13.4. The van der Waals surface area contributed by atoms with Gasteiger partial charge < -0.3 is 4.90 Å². The Morgan fingerprint density at radius 3 is 2.61 bits per heavy atom. The molecule has 1 heterocycles. The highest BCUT2D eigenvalue weighted by atomic mass is 16.2. The van der Waals surface area contributed by atoms with Gasteiger partial charge in [-0.05, 0) is 30.2 Å². The Hall–Kier alpha value is -2.13. The monoisotopic (exact) mass is 308 g/mol. The highest BCUT2D eigenvalue weighted by Gasteiger charge is 2.23. The Balaban J connectivity index is 1.56. The number of carbonyl (C=O) groups excluding carboxylic acids is 1. The van der Waals surface area contributed by atoms with Crippen LogP contribution in [0.4, 0.5) is 5.69 Å². The molecule has 0 atom stereocenters. The number of anilines is 1. The van der Waals surface area contributed by atoms with Crippen molar-refractivity contribution >= 4 is 11.6 Å². The number of hydrogen-bond acceptors (Lipinski definition) is 2. The molecule has 0 unspecified atom stereocenters. The van der Waals surface area contributed by atoms with Crippen molar-refractivity contribution in [3.8, 4) is 0 Å². The molecule has 2 aromatic rings. The number of para-hydroxylation sites is 1. The number of fused-ring (bicyclic) bond motifs is 1. The fourth-order valence-electron chi connectivity index (χ4n) is 3.18. The van der Waals surface area contributed by atoms with Crippen LogP contribution in [0.2, 0.25) is 0 Å². The number of nitrogens with zero attached hydrogens (tertiary/aromatic N) is 2. The van der Waals surface area contributed by atoms with Gasteiger partial charge in [0, 0.05) is 31.7 Å². The van der Waals surface area contributed by atoms with Crippen LogP contribution in [0.3, 0.4) is 0 Å². The van der Waals surface area contributed by atoms with Crippen molar-refractivity contribution in [3.63, 3.8) is 0 Å². The predicted molar refractivity (Wildman–Crippen MR) is 94.5 cm³/mol. The highest BCUT2D eigenvalue weighted by molar-refractivity contribution is 5.95. The summed E-state index contributed by atoms with van der Waals surface area (Å²) in [6.45, 7) is 5.64. The Bertz CT molecular complexity index is 654. The maximum Gasteiger partial charge on any atom is 0.228 e. The highest BCUT2D eigenvalue weighted by Crippen LogP contribution is 2.27. The Labute approximate surface area is 138 Å². The quantitative estimate of drug-likeness (QED) is 0.815. The molecule has 0 radical (unpaired) electrons. The third-order valence-electron chi connectivity index (χ3n) is 4.53. The van der Waals surface area contributed by atoms with Crippen molar-refractivity contribution in [2.24, 2.45) is 0 Å². The average Bonchev–Trinajstić information content (AvgIpc) is 3.03. The maximum absolute atomic E-state index is 12.6. The van der Waals surface area contributed by atoms with E-state index in [1.54, 1.807) is 0 Å². The fourth-order valence-corrected chi connectivity index (χ4v) is 3.18. The Morgan fingerprint density at radius 2 is 1.83 bits per heavy atom. The average molecular weight is 308 g/mol. The largest absolute Gasteiger partial charge is 0.312 e. The van der Waals surface area contributed by atoms with Crippen LogP contribution >= 0.6 is 0 Å². The molecule has 2 aromatic carbocycles. The molecule has 0 saturated heterocycles. The minimum atomic E-state index is 0.237. The van der Waals surface area contributed by atoms with Crippen LogP contribution in [-0.4, -0.2) is 30.4 Å². The lowest BCUT2D eigenvalue weighted by atomic mass is 10.2. The summed E-state index contributed by atoms with van der Waals surface area (Å²) in [5.41, 5.74) is 3.69. The van der Waals surface area contributed by atoms with E-state index >= 15 is 0 Å². The number of hydrogen-bond donors (Lipinski definition) is 0. The molecule has 0 spiro atoms. The van der Waals surface area contributed by atoms with Gasteiger partial charge in [-0.2, -0.15) is 0 Å². The van der Waals surface area contributed by atoms with Crippen molar-refractivity contribution < 1.29 is 4.79 Å². The van der Waals surface area contributed by atoms with Gasteiger partial charge in [0.1, 0.15) is 0 Å². The van der Waals surface area contributed by atoms with E-state index in [0.29, 0.717) is 6.42 Å². The van der Waals surface area contributed by atoms with E-state index in [9.17, 15) is 4.79 Å². The van der Waals surface area contributed by atoms with Crippen LogP contribution in [0.5, 0.6) is 0 Å². The first kappa shape index (κ1) is 15.8. The van der Waals surface area contributed by atoms with Gasteiger partial charge in [-0.1, -0.05) is 55.5 Å². The van der Waals surface area contributed by atoms with Gasteiger partial charge in [-0.15, -0.1) is 0 Å². The van der Waals surface area contributed by atoms with E-state index < -0.39 is 0 Å². The molecule has 0 bridgehead atoms. The maximum atomic E-state index is 12.6. The van der Waals surface area contributed by atoms with Crippen molar-refractivity contribution in [1.29, 1.82) is 0 Å². The van der Waals surface area contributed by atoms with E-state index in [0.717, 1.165) is 38.3 Å². The van der Waals surface area contributed by atoms with Crippen molar-refractivity contribution in [3.05, 3.63) is 65.7 Å². The second-order valence-electron chi connectivity index (χ2n) is 6.03. The van der Waals surface area contributed by atoms with Gasteiger partial charge in [-0.3, -0.25) is 9.69 Å². The first-order valence-electron chi connectivity index (χ1n) is 8.42. The zero-order chi connectivity index (χ0) is 16.1. The summed E-state index contributed by atoms with van der Waals surface area (Å²) in [7, 11) is 0. The molecule has 0 saturated carbocycles.